The number of nitrogens with zero attached hydrogens (tertiary/aromatic N) is 2. The van der Waals surface area contributed by atoms with Gasteiger partial charge in [0.25, 0.3) is 5.56 Å². The Labute approximate surface area is 181 Å². The van der Waals surface area contributed by atoms with Gasteiger partial charge in [-0.25, -0.2) is 13.4 Å². The zero-order chi connectivity index (χ0) is 21.9. The molecule has 160 valence electrons. The number of hydrogen-bond donors (Lipinski definition) is 2. The van der Waals surface area contributed by atoms with E-state index in [1.165, 1.54) is 4.31 Å². The minimum atomic E-state index is -3.48. The SMILES string of the molecule is CCN(CC)S(=O)(=O)c1ccc([C@H](C)NCc2nc3cc(Cl)ccc3c(=O)[nH]2)cc1. The number of sulfonamides is 1. The molecule has 0 fully saturated rings. The molecule has 0 spiro atoms. The molecule has 0 saturated carbocycles. The molecular weight excluding hydrogens is 424 g/mol. The van der Waals surface area contributed by atoms with Gasteiger partial charge in [-0.1, -0.05) is 37.6 Å². The van der Waals surface area contributed by atoms with E-state index >= 15 is 0 Å². The fraction of sp³-hybridized carbons (Fsp3) is 0.333. The van der Waals surface area contributed by atoms with Crippen LogP contribution in [-0.2, 0) is 16.6 Å². The molecule has 0 radical (unpaired) electrons. The summed E-state index contributed by atoms with van der Waals surface area (Å²) in [5, 5.41) is 4.31. The van der Waals surface area contributed by atoms with E-state index in [-0.39, 0.29) is 16.5 Å². The third kappa shape index (κ3) is 4.73. The minimum Gasteiger partial charge on any atom is -0.309 e. The molecule has 0 unspecified atom stereocenters. The lowest BCUT2D eigenvalue weighted by Crippen LogP contribution is -2.30. The van der Waals surface area contributed by atoms with Crippen molar-refractivity contribution in [3.63, 3.8) is 0 Å². The van der Waals surface area contributed by atoms with E-state index in [0.29, 0.717) is 41.4 Å². The lowest BCUT2D eigenvalue weighted by Gasteiger charge is -2.19. The maximum Gasteiger partial charge on any atom is 0.258 e. The van der Waals surface area contributed by atoms with Gasteiger partial charge in [-0.3, -0.25) is 4.79 Å². The quantitative estimate of drug-likeness (QED) is 0.550. The maximum absolute atomic E-state index is 12.6. The molecular formula is C21H25ClN4O3S. The molecule has 0 amide bonds. The lowest BCUT2D eigenvalue weighted by molar-refractivity contribution is 0.445. The number of nitrogens with one attached hydrogen (secondary N) is 2. The Hall–Kier alpha value is -2.26. The van der Waals surface area contributed by atoms with E-state index < -0.39 is 10.0 Å². The van der Waals surface area contributed by atoms with Gasteiger partial charge in [0.1, 0.15) is 5.82 Å². The second-order valence-corrected chi connectivity index (χ2v) is 9.31. The highest BCUT2D eigenvalue weighted by Crippen LogP contribution is 2.20. The van der Waals surface area contributed by atoms with E-state index in [0.717, 1.165) is 5.56 Å². The molecule has 3 rings (SSSR count). The number of benzene rings is 2. The topological polar surface area (TPSA) is 95.2 Å². The number of halogens is 1. The van der Waals surface area contributed by atoms with E-state index in [9.17, 15) is 13.2 Å². The van der Waals surface area contributed by atoms with Crippen LogP contribution in [-0.4, -0.2) is 35.8 Å². The smallest absolute Gasteiger partial charge is 0.258 e. The summed E-state index contributed by atoms with van der Waals surface area (Å²) in [6, 6.07) is 11.7. The van der Waals surface area contributed by atoms with Crippen LogP contribution >= 0.6 is 11.6 Å². The van der Waals surface area contributed by atoms with Crippen LogP contribution in [0.15, 0.2) is 52.2 Å². The Morgan fingerprint density at radius 3 is 2.43 bits per heavy atom. The predicted molar refractivity (Wildman–Crippen MR) is 119 cm³/mol. The molecule has 0 saturated heterocycles. The van der Waals surface area contributed by atoms with Crippen molar-refractivity contribution in [1.82, 2.24) is 19.6 Å². The van der Waals surface area contributed by atoms with Gasteiger partial charge < -0.3 is 10.3 Å². The zero-order valence-corrected chi connectivity index (χ0v) is 18.7. The summed E-state index contributed by atoms with van der Waals surface area (Å²) in [6.45, 7) is 6.81. The largest absolute Gasteiger partial charge is 0.309 e. The molecule has 0 aliphatic heterocycles. The predicted octanol–water partition coefficient (Wildman–Crippen LogP) is 3.46. The molecule has 1 atom stereocenters. The summed E-state index contributed by atoms with van der Waals surface area (Å²) in [7, 11) is -3.48. The van der Waals surface area contributed by atoms with Crippen LogP contribution in [0.25, 0.3) is 10.9 Å². The Balaban J connectivity index is 1.73. The molecule has 1 heterocycles. The minimum absolute atomic E-state index is 0.0735. The molecule has 7 nitrogen and oxygen atoms in total. The average molecular weight is 449 g/mol. The summed E-state index contributed by atoms with van der Waals surface area (Å²) in [5.41, 5.74) is 1.26. The monoisotopic (exact) mass is 448 g/mol. The van der Waals surface area contributed by atoms with Gasteiger partial charge in [0.05, 0.1) is 22.3 Å². The van der Waals surface area contributed by atoms with Gasteiger partial charge in [-0.2, -0.15) is 4.31 Å². The molecule has 9 heteroatoms. The summed E-state index contributed by atoms with van der Waals surface area (Å²) >= 11 is 6.00. The van der Waals surface area contributed by atoms with Crippen molar-refractivity contribution >= 4 is 32.5 Å². The van der Waals surface area contributed by atoms with E-state index in [1.54, 1.807) is 42.5 Å². The molecule has 2 N–H and O–H groups in total. The van der Waals surface area contributed by atoms with Crippen LogP contribution in [0.3, 0.4) is 0 Å². The maximum atomic E-state index is 12.6. The fourth-order valence-electron chi connectivity index (χ4n) is 3.25. The molecule has 0 bridgehead atoms. The first kappa shape index (κ1) is 22.4. The van der Waals surface area contributed by atoms with Crippen LogP contribution in [0.5, 0.6) is 0 Å². The van der Waals surface area contributed by atoms with Crippen molar-refractivity contribution in [2.45, 2.75) is 38.3 Å². The highest BCUT2D eigenvalue weighted by molar-refractivity contribution is 7.89. The third-order valence-corrected chi connectivity index (χ3v) is 7.32. The number of rotatable bonds is 8. The summed E-state index contributed by atoms with van der Waals surface area (Å²) in [5.74, 6) is 0.502. The van der Waals surface area contributed by atoms with Crippen molar-refractivity contribution in [2.24, 2.45) is 0 Å². The lowest BCUT2D eigenvalue weighted by atomic mass is 10.1. The fourth-order valence-corrected chi connectivity index (χ4v) is 4.88. The van der Waals surface area contributed by atoms with Crippen molar-refractivity contribution < 1.29 is 8.42 Å². The summed E-state index contributed by atoms with van der Waals surface area (Å²) in [4.78, 5) is 19.7. The van der Waals surface area contributed by atoms with E-state index in [4.69, 9.17) is 11.6 Å². The molecule has 0 aliphatic carbocycles. The zero-order valence-electron chi connectivity index (χ0n) is 17.1. The van der Waals surface area contributed by atoms with Crippen LogP contribution in [0.4, 0.5) is 0 Å². The van der Waals surface area contributed by atoms with Gasteiger partial charge in [-0.15, -0.1) is 0 Å². The van der Waals surface area contributed by atoms with Gasteiger partial charge in [0.2, 0.25) is 10.0 Å². The normalized spacial score (nSPS) is 13.1. The van der Waals surface area contributed by atoms with Crippen LogP contribution in [0.1, 0.15) is 38.2 Å². The Kier molecular flexibility index (Phi) is 6.92. The average Bonchev–Trinajstić information content (AvgIpc) is 2.72. The Bertz CT molecular complexity index is 1190. The van der Waals surface area contributed by atoms with Gasteiger partial charge >= 0.3 is 0 Å². The number of aromatic nitrogens is 2. The Morgan fingerprint density at radius 1 is 1.13 bits per heavy atom. The highest BCUT2D eigenvalue weighted by atomic mass is 35.5. The third-order valence-electron chi connectivity index (χ3n) is 5.02. The second kappa shape index (κ2) is 9.26. The van der Waals surface area contributed by atoms with Crippen molar-refractivity contribution in [3.05, 3.63) is 69.2 Å². The number of aromatic amines is 1. The standard InChI is InChI=1S/C21H25ClN4O3S/c1-4-26(5-2)30(28,29)17-9-6-15(7-10-17)14(3)23-13-20-24-19-12-16(22)8-11-18(19)21(27)25-20/h6-12,14,23H,4-5,13H2,1-3H3,(H,24,25,27)/t14-/m0/s1. The first-order valence-electron chi connectivity index (χ1n) is 9.78. The second-order valence-electron chi connectivity index (χ2n) is 6.94. The van der Waals surface area contributed by atoms with Gasteiger partial charge in [0, 0.05) is 24.2 Å². The summed E-state index contributed by atoms with van der Waals surface area (Å²) < 4.78 is 26.6. The Morgan fingerprint density at radius 2 is 1.80 bits per heavy atom. The molecule has 2 aromatic carbocycles. The van der Waals surface area contributed by atoms with Crippen LogP contribution in [0, 0.1) is 0 Å². The van der Waals surface area contributed by atoms with Crippen molar-refractivity contribution in [3.8, 4) is 0 Å². The number of H-pyrrole nitrogens is 1. The van der Waals surface area contributed by atoms with Crippen molar-refractivity contribution in [1.29, 1.82) is 0 Å². The highest BCUT2D eigenvalue weighted by Gasteiger charge is 2.21. The number of fused-ring (bicyclic) bond motifs is 1. The van der Waals surface area contributed by atoms with Gasteiger partial charge in [0.15, 0.2) is 0 Å². The molecule has 30 heavy (non-hydrogen) atoms. The van der Waals surface area contributed by atoms with Crippen LogP contribution in [0.2, 0.25) is 5.02 Å². The molecule has 3 aromatic rings. The van der Waals surface area contributed by atoms with E-state index in [1.807, 2.05) is 20.8 Å². The first-order chi connectivity index (χ1) is 14.3. The first-order valence-corrected chi connectivity index (χ1v) is 11.6. The number of hydrogen-bond acceptors (Lipinski definition) is 5. The van der Waals surface area contributed by atoms with Crippen LogP contribution < -0.4 is 10.9 Å². The molecule has 0 aliphatic rings. The summed E-state index contributed by atoms with van der Waals surface area (Å²) in [6.07, 6.45) is 0. The van der Waals surface area contributed by atoms with E-state index in [2.05, 4.69) is 15.3 Å². The van der Waals surface area contributed by atoms with Crippen molar-refractivity contribution in [2.75, 3.05) is 13.1 Å². The van der Waals surface area contributed by atoms with Gasteiger partial charge in [-0.05, 0) is 42.8 Å². The molecule has 1 aromatic heterocycles.